The Labute approximate surface area is 117 Å². The summed E-state index contributed by atoms with van der Waals surface area (Å²) in [6, 6.07) is 15.4. The normalized spacial score (nSPS) is 9.80. The summed E-state index contributed by atoms with van der Waals surface area (Å²) in [4.78, 5) is 0. The summed E-state index contributed by atoms with van der Waals surface area (Å²) < 4.78 is 24.1. The van der Waals surface area contributed by atoms with Gasteiger partial charge >= 0.3 is 0 Å². The van der Waals surface area contributed by atoms with Gasteiger partial charge in [-0.3, -0.25) is 0 Å². The van der Waals surface area contributed by atoms with Crippen LogP contribution in [-0.4, -0.2) is 13.2 Å². The van der Waals surface area contributed by atoms with Gasteiger partial charge in [0.1, 0.15) is 11.8 Å². The maximum absolute atomic E-state index is 13.3. The van der Waals surface area contributed by atoms with E-state index in [4.69, 9.17) is 14.7 Å². The van der Waals surface area contributed by atoms with Gasteiger partial charge in [-0.25, -0.2) is 4.39 Å². The molecular weight excluding hydrogens is 257 g/mol. The first-order chi connectivity index (χ1) is 9.81. The van der Waals surface area contributed by atoms with E-state index in [0.717, 1.165) is 0 Å². The molecule has 0 aliphatic rings. The van der Waals surface area contributed by atoms with Gasteiger partial charge in [0.2, 0.25) is 0 Å². The van der Waals surface area contributed by atoms with E-state index in [1.807, 2.05) is 6.07 Å². The molecule has 3 nitrogen and oxygen atoms in total. The van der Waals surface area contributed by atoms with Crippen LogP contribution in [0.25, 0.3) is 0 Å². The molecule has 0 N–H and O–H groups in total. The van der Waals surface area contributed by atoms with Gasteiger partial charge in [-0.15, -0.1) is 0 Å². The van der Waals surface area contributed by atoms with Crippen molar-refractivity contribution in [1.29, 1.82) is 5.26 Å². The molecule has 2 aromatic rings. The second kappa shape index (κ2) is 7.15. The quantitative estimate of drug-likeness (QED) is 0.754. The summed E-state index contributed by atoms with van der Waals surface area (Å²) in [6.07, 6.45) is 0.605. The molecule has 0 spiro atoms. The Hall–Kier alpha value is -2.54. The minimum absolute atomic E-state index is 0.241. The number of nitriles is 1. The maximum atomic E-state index is 13.3. The number of hydrogen-bond acceptors (Lipinski definition) is 3. The summed E-state index contributed by atoms with van der Waals surface area (Å²) in [6.45, 7) is 0.767. The molecule has 2 rings (SSSR count). The number of ether oxygens (including phenoxy) is 2. The van der Waals surface area contributed by atoms with E-state index in [1.165, 1.54) is 6.07 Å². The zero-order valence-electron chi connectivity index (χ0n) is 10.9. The molecular formula is C16H14FNO2. The largest absolute Gasteiger partial charge is 0.492 e. The van der Waals surface area contributed by atoms with Crippen molar-refractivity contribution in [3.63, 3.8) is 0 Å². The number of benzene rings is 2. The SMILES string of the molecule is N#Cc1ccccc1OCCCOc1ccccc1F. The second-order valence-corrected chi connectivity index (χ2v) is 4.09. The smallest absolute Gasteiger partial charge is 0.165 e. The van der Waals surface area contributed by atoms with Crippen LogP contribution in [0.2, 0.25) is 0 Å². The van der Waals surface area contributed by atoms with Crippen molar-refractivity contribution in [2.45, 2.75) is 6.42 Å². The Kier molecular flexibility index (Phi) is 4.96. The van der Waals surface area contributed by atoms with E-state index in [2.05, 4.69) is 6.07 Å². The Morgan fingerprint density at radius 1 is 0.900 bits per heavy atom. The fourth-order valence-corrected chi connectivity index (χ4v) is 1.67. The zero-order chi connectivity index (χ0) is 14.2. The van der Waals surface area contributed by atoms with Crippen molar-refractivity contribution in [2.75, 3.05) is 13.2 Å². The lowest BCUT2D eigenvalue weighted by atomic mass is 10.2. The molecule has 0 aliphatic carbocycles. The maximum Gasteiger partial charge on any atom is 0.165 e. The van der Waals surface area contributed by atoms with Crippen LogP contribution in [0.4, 0.5) is 4.39 Å². The highest BCUT2D eigenvalue weighted by Crippen LogP contribution is 2.17. The monoisotopic (exact) mass is 271 g/mol. The molecule has 0 fully saturated rings. The van der Waals surface area contributed by atoms with Gasteiger partial charge in [0.05, 0.1) is 18.8 Å². The fraction of sp³-hybridized carbons (Fsp3) is 0.188. The number of para-hydroxylation sites is 2. The van der Waals surface area contributed by atoms with Gasteiger partial charge in [0.25, 0.3) is 0 Å². The average Bonchev–Trinajstić information content (AvgIpc) is 2.49. The van der Waals surface area contributed by atoms with Crippen LogP contribution < -0.4 is 9.47 Å². The number of rotatable bonds is 6. The number of nitrogens with zero attached hydrogens (tertiary/aromatic N) is 1. The third kappa shape index (κ3) is 3.72. The lowest BCUT2D eigenvalue weighted by molar-refractivity contribution is 0.241. The van der Waals surface area contributed by atoms with Crippen molar-refractivity contribution in [1.82, 2.24) is 0 Å². The molecule has 0 saturated heterocycles. The van der Waals surface area contributed by atoms with E-state index in [9.17, 15) is 4.39 Å². The average molecular weight is 271 g/mol. The molecule has 20 heavy (non-hydrogen) atoms. The predicted molar refractivity (Wildman–Crippen MR) is 73.2 cm³/mol. The first-order valence-corrected chi connectivity index (χ1v) is 6.30. The Balaban J connectivity index is 1.75. The summed E-state index contributed by atoms with van der Waals surface area (Å²) in [5.74, 6) is 0.425. The minimum atomic E-state index is -0.372. The van der Waals surface area contributed by atoms with Gasteiger partial charge in [0.15, 0.2) is 11.6 Å². The van der Waals surface area contributed by atoms with Crippen LogP contribution in [0, 0.1) is 17.1 Å². The van der Waals surface area contributed by atoms with Crippen LogP contribution in [-0.2, 0) is 0 Å². The van der Waals surface area contributed by atoms with E-state index >= 15 is 0 Å². The molecule has 0 radical (unpaired) electrons. The molecule has 2 aromatic carbocycles. The Morgan fingerprint density at radius 2 is 1.50 bits per heavy atom. The number of hydrogen-bond donors (Lipinski definition) is 0. The third-order valence-electron chi connectivity index (χ3n) is 2.65. The molecule has 0 bridgehead atoms. The lowest BCUT2D eigenvalue weighted by Gasteiger charge is -2.09. The van der Waals surface area contributed by atoms with E-state index in [1.54, 1.807) is 36.4 Å². The van der Waals surface area contributed by atoms with Gasteiger partial charge in [0, 0.05) is 6.42 Å². The molecule has 102 valence electrons. The van der Waals surface area contributed by atoms with Crippen molar-refractivity contribution in [2.24, 2.45) is 0 Å². The zero-order valence-corrected chi connectivity index (χ0v) is 10.9. The lowest BCUT2D eigenvalue weighted by Crippen LogP contribution is -2.06. The molecule has 0 amide bonds. The highest BCUT2D eigenvalue weighted by Gasteiger charge is 2.03. The topological polar surface area (TPSA) is 42.2 Å². The standard InChI is InChI=1S/C16H14FNO2/c17-14-7-2-4-9-16(14)20-11-5-10-19-15-8-3-1-6-13(15)12-18/h1-4,6-9H,5,10-11H2. The van der Waals surface area contributed by atoms with Crippen molar-refractivity contribution in [3.05, 3.63) is 59.9 Å². The van der Waals surface area contributed by atoms with Gasteiger partial charge in [-0.2, -0.15) is 5.26 Å². The van der Waals surface area contributed by atoms with Crippen LogP contribution in [0.5, 0.6) is 11.5 Å². The van der Waals surface area contributed by atoms with Crippen LogP contribution in [0.3, 0.4) is 0 Å². The summed E-state index contributed by atoms with van der Waals surface area (Å²) in [5.41, 5.74) is 0.502. The minimum Gasteiger partial charge on any atom is -0.492 e. The first kappa shape index (κ1) is 13.9. The van der Waals surface area contributed by atoms with Crippen LogP contribution in [0.15, 0.2) is 48.5 Å². The fourth-order valence-electron chi connectivity index (χ4n) is 1.67. The summed E-state index contributed by atoms with van der Waals surface area (Å²) in [5, 5.41) is 8.90. The summed E-state index contributed by atoms with van der Waals surface area (Å²) >= 11 is 0. The molecule has 4 heteroatoms. The van der Waals surface area contributed by atoms with Crippen LogP contribution >= 0.6 is 0 Å². The molecule has 0 heterocycles. The van der Waals surface area contributed by atoms with E-state index in [-0.39, 0.29) is 11.6 Å². The van der Waals surface area contributed by atoms with Crippen molar-refractivity contribution in [3.8, 4) is 17.6 Å². The highest BCUT2D eigenvalue weighted by molar-refractivity contribution is 5.42. The first-order valence-electron chi connectivity index (χ1n) is 6.30. The van der Waals surface area contributed by atoms with E-state index in [0.29, 0.717) is 30.9 Å². The van der Waals surface area contributed by atoms with Crippen molar-refractivity contribution >= 4 is 0 Å². The third-order valence-corrected chi connectivity index (χ3v) is 2.65. The van der Waals surface area contributed by atoms with Crippen molar-refractivity contribution < 1.29 is 13.9 Å². The second-order valence-electron chi connectivity index (χ2n) is 4.09. The van der Waals surface area contributed by atoms with Crippen LogP contribution in [0.1, 0.15) is 12.0 Å². The molecule has 0 saturated carbocycles. The molecule has 0 aromatic heterocycles. The number of halogens is 1. The Morgan fingerprint density at radius 3 is 2.20 bits per heavy atom. The van der Waals surface area contributed by atoms with Gasteiger partial charge in [-0.1, -0.05) is 24.3 Å². The Bertz CT molecular complexity index is 607. The predicted octanol–water partition coefficient (Wildman–Crippen LogP) is 3.55. The van der Waals surface area contributed by atoms with Gasteiger partial charge in [-0.05, 0) is 24.3 Å². The molecule has 0 unspecified atom stereocenters. The molecule has 0 aliphatic heterocycles. The van der Waals surface area contributed by atoms with Gasteiger partial charge < -0.3 is 9.47 Å². The van der Waals surface area contributed by atoms with E-state index < -0.39 is 0 Å². The molecule has 0 atom stereocenters. The highest BCUT2D eigenvalue weighted by atomic mass is 19.1. The summed E-state index contributed by atoms with van der Waals surface area (Å²) in [7, 11) is 0.